The van der Waals surface area contributed by atoms with Crippen molar-refractivity contribution >= 4 is 11.8 Å². The van der Waals surface area contributed by atoms with E-state index in [0.717, 1.165) is 32.7 Å². The van der Waals surface area contributed by atoms with Crippen molar-refractivity contribution in [3.63, 3.8) is 0 Å². The molecular formula is C18H22N4O3. The molecule has 7 nitrogen and oxygen atoms in total. The molecule has 1 N–H and O–H groups in total. The van der Waals surface area contributed by atoms with Crippen LogP contribution >= 0.6 is 0 Å². The molecule has 7 heteroatoms. The van der Waals surface area contributed by atoms with Gasteiger partial charge in [0.05, 0.1) is 6.26 Å². The lowest BCUT2D eigenvalue weighted by molar-refractivity contribution is -0.132. The Morgan fingerprint density at radius 2 is 1.88 bits per heavy atom. The molecule has 3 heterocycles. The van der Waals surface area contributed by atoms with E-state index in [0.29, 0.717) is 13.0 Å². The summed E-state index contributed by atoms with van der Waals surface area (Å²) in [5, 5.41) is 2.70. The Morgan fingerprint density at radius 3 is 2.56 bits per heavy atom. The maximum absolute atomic E-state index is 12.3. The van der Waals surface area contributed by atoms with Crippen molar-refractivity contribution in [1.29, 1.82) is 0 Å². The van der Waals surface area contributed by atoms with Crippen LogP contribution in [0.1, 0.15) is 22.5 Å². The van der Waals surface area contributed by atoms with Crippen molar-refractivity contribution in [2.45, 2.75) is 13.0 Å². The highest BCUT2D eigenvalue weighted by Gasteiger charge is 2.21. The van der Waals surface area contributed by atoms with Gasteiger partial charge < -0.3 is 14.6 Å². The molecule has 3 rings (SSSR count). The second kappa shape index (κ2) is 8.43. The summed E-state index contributed by atoms with van der Waals surface area (Å²) in [6.07, 6.45) is 5.35. The summed E-state index contributed by atoms with van der Waals surface area (Å²) < 4.78 is 5.01. The summed E-state index contributed by atoms with van der Waals surface area (Å²) in [6.45, 7) is 4.34. The minimum Gasteiger partial charge on any atom is -0.459 e. The molecule has 0 aromatic carbocycles. The van der Waals surface area contributed by atoms with E-state index in [2.05, 4.69) is 15.2 Å². The number of pyridine rings is 1. The van der Waals surface area contributed by atoms with Crippen LogP contribution in [0.4, 0.5) is 0 Å². The molecule has 0 aliphatic carbocycles. The lowest BCUT2D eigenvalue weighted by Gasteiger charge is -2.34. The number of hydrogen-bond donors (Lipinski definition) is 1. The zero-order valence-electron chi connectivity index (χ0n) is 14.1. The lowest BCUT2D eigenvalue weighted by atomic mass is 10.2. The average Bonchev–Trinajstić information content (AvgIpc) is 3.18. The topological polar surface area (TPSA) is 78.7 Å². The SMILES string of the molecule is O=C(NCCC(=O)N1CCN(Cc2ccncc2)CC1)c1ccco1. The molecule has 2 aromatic rings. The summed E-state index contributed by atoms with van der Waals surface area (Å²) in [7, 11) is 0. The number of carbonyl (C=O) groups excluding carboxylic acids is 2. The van der Waals surface area contributed by atoms with E-state index in [1.165, 1.54) is 11.8 Å². The van der Waals surface area contributed by atoms with Crippen LogP contribution in [-0.2, 0) is 11.3 Å². The second-order valence-electron chi connectivity index (χ2n) is 6.00. The molecule has 1 fully saturated rings. The molecule has 0 bridgehead atoms. The van der Waals surface area contributed by atoms with Gasteiger partial charge in [0.1, 0.15) is 0 Å². The van der Waals surface area contributed by atoms with E-state index >= 15 is 0 Å². The van der Waals surface area contributed by atoms with Crippen LogP contribution in [0, 0.1) is 0 Å². The number of amides is 2. The monoisotopic (exact) mass is 342 g/mol. The average molecular weight is 342 g/mol. The van der Waals surface area contributed by atoms with Crippen LogP contribution in [0.3, 0.4) is 0 Å². The van der Waals surface area contributed by atoms with Crippen LogP contribution in [0.2, 0.25) is 0 Å². The maximum Gasteiger partial charge on any atom is 0.286 e. The summed E-state index contributed by atoms with van der Waals surface area (Å²) in [4.78, 5) is 32.2. The summed E-state index contributed by atoms with van der Waals surface area (Å²) in [6, 6.07) is 7.28. The van der Waals surface area contributed by atoms with Gasteiger partial charge in [-0.15, -0.1) is 0 Å². The van der Waals surface area contributed by atoms with Crippen molar-refractivity contribution in [3.8, 4) is 0 Å². The maximum atomic E-state index is 12.3. The van der Waals surface area contributed by atoms with Crippen molar-refractivity contribution in [2.24, 2.45) is 0 Å². The zero-order valence-corrected chi connectivity index (χ0v) is 14.1. The van der Waals surface area contributed by atoms with Gasteiger partial charge in [-0.3, -0.25) is 19.5 Å². The Hall–Kier alpha value is -2.67. The number of nitrogens with zero attached hydrogens (tertiary/aromatic N) is 3. The van der Waals surface area contributed by atoms with E-state index in [1.807, 2.05) is 17.0 Å². The minimum atomic E-state index is -0.292. The van der Waals surface area contributed by atoms with Gasteiger partial charge >= 0.3 is 0 Å². The quantitative estimate of drug-likeness (QED) is 0.852. The fourth-order valence-electron chi connectivity index (χ4n) is 2.84. The molecule has 2 amide bonds. The molecule has 132 valence electrons. The number of furan rings is 1. The first-order valence-corrected chi connectivity index (χ1v) is 8.43. The van der Waals surface area contributed by atoms with E-state index in [-0.39, 0.29) is 17.6 Å². The van der Waals surface area contributed by atoms with E-state index in [9.17, 15) is 9.59 Å². The number of carbonyl (C=O) groups is 2. The van der Waals surface area contributed by atoms with Crippen LogP contribution in [0.15, 0.2) is 47.3 Å². The third-order valence-electron chi connectivity index (χ3n) is 4.25. The fourth-order valence-corrected chi connectivity index (χ4v) is 2.84. The first-order valence-electron chi connectivity index (χ1n) is 8.43. The van der Waals surface area contributed by atoms with Gasteiger partial charge in [0.2, 0.25) is 5.91 Å². The Morgan fingerprint density at radius 1 is 1.12 bits per heavy atom. The van der Waals surface area contributed by atoms with Gasteiger partial charge in [-0.1, -0.05) is 0 Å². The molecule has 0 unspecified atom stereocenters. The van der Waals surface area contributed by atoms with Crippen molar-refractivity contribution in [2.75, 3.05) is 32.7 Å². The molecule has 2 aromatic heterocycles. The number of nitrogens with one attached hydrogen (secondary N) is 1. The molecule has 0 spiro atoms. The Kier molecular flexibility index (Phi) is 5.79. The third-order valence-corrected chi connectivity index (χ3v) is 4.25. The van der Waals surface area contributed by atoms with Crippen LogP contribution in [-0.4, -0.2) is 59.3 Å². The fraction of sp³-hybridized carbons (Fsp3) is 0.389. The zero-order chi connectivity index (χ0) is 17.5. The third kappa shape index (κ3) is 4.90. The number of rotatable bonds is 6. The van der Waals surface area contributed by atoms with Crippen molar-refractivity contribution in [3.05, 3.63) is 54.2 Å². The Labute approximate surface area is 146 Å². The largest absolute Gasteiger partial charge is 0.459 e. The molecule has 25 heavy (non-hydrogen) atoms. The molecule has 1 aliphatic heterocycles. The Bertz CT molecular complexity index is 680. The first-order chi connectivity index (χ1) is 12.2. The highest BCUT2D eigenvalue weighted by molar-refractivity contribution is 5.91. The van der Waals surface area contributed by atoms with Crippen molar-refractivity contribution in [1.82, 2.24) is 20.1 Å². The van der Waals surface area contributed by atoms with Crippen LogP contribution < -0.4 is 5.32 Å². The molecule has 1 aliphatic rings. The number of hydrogen-bond acceptors (Lipinski definition) is 5. The smallest absolute Gasteiger partial charge is 0.286 e. The first kappa shape index (κ1) is 17.2. The second-order valence-corrected chi connectivity index (χ2v) is 6.00. The molecule has 0 saturated carbocycles. The van der Waals surface area contributed by atoms with E-state index in [1.54, 1.807) is 24.5 Å². The molecule has 0 radical (unpaired) electrons. The highest BCUT2D eigenvalue weighted by atomic mass is 16.3. The van der Waals surface area contributed by atoms with Crippen LogP contribution in [0.5, 0.6) is 0 Å². The van der Waals surface area contributed by atoms with E-state index in [4.69, 9.17) is 4.42 Å². The van der Waals surface area contributed by atoms with Gasteiger partial charge in [0.15, 0.2) is 5.76 Å². The minimum absolute atomic E-state index is 0.0725. The number of aromatic nitrogens is 1. The number of piperazine rings is 1. The standard InChI is InChI=1S/C18H22N4O3/c23-17(5-8-20-18(24)16-2-1-13-25-16)22-11-9-21(10-12-22)14-15-3-6-19-7-4-15/h1-4,6-7,13H,5,8-12,14H2,(H,20,24). The van der Waals surface area contributed by atoms with E-state index < -0.39 is 0 Å². The Balaban J connectivity index is 1.36. The summed E-state index contributed by atoms with van der Waals surface area (Å²) in [5.41, 5.74) is 1.23. The highest BCUT2D eigenvalue weighted by Crippen LogP contribution is 2.08. The molecule has 1 saturated heterocycles. The van der Waals surface area contributed by atoms with Gasteiger partial charge in [0, 0.05) is 58.1 Å². The predicted molar refractivity (Wildman–Crippen MR) is 91.8 cm³/mol. The lowest BCUT2D eigenvalue weighted by Crippen LogP contribution is -2.48. The van der Waals surface area contributed by atoms with Gasteiger partial charge in [-0.05, 0) is 29.8 Å². The van der Waals surface area contributed by atoms with Gasteiger partial charge in [0.25, 0.3) is 5.91 Å². The van der Waals surface area contributed by atoms with Gasteiger partial charge in [-0.25, -0.2) is 0 Å². The normalized spacial score (nSPS) is 15.1. The van der Waals surface area contributed by atoms with Crippen LogP contribution in [0.25, 0.3) is 0 Å². The predicted octanol–water partition coefficient (Wildman–Crippen LogP) is 1.14. The van der Waals surface area contributed by atoms with Gasteiger partial charge in [-0.2, -0.15) is 0 Å². The summed E-state index contributed by atoms with van der Waals surface area (Å²) >= 11 is 0. The molecule has 0 atom stereocenters. The van der Waals surface area contributed by atoms with Crippen molar-refractivity contribution < 1.29 is 14.0 Å². The molecular weight excluding hydrogens is 320 g/mol. The summed E-state index contributed by atoms with van der Waals surface area (Å²) in [5.74, 6) is 0.0421.